The highest BCUT2D eigenvalue weighted by atomic mass is 19.1. The quantitative estimate of drug-likeness (QED) is 0.759. The number of aliphatic hydroxyl groups excluding tert-OH is 1. The van der Waals surface area contributed by atoms with Gasteiger partial charge in [-0.3, -0.25) is 9.69 Å². The summed E-state index contributed by atoms with van der Waals surface area (Å²) in [6.45, 7) is 0.215. The van der Waals surface area contributed by atoms with Gasteiger partial charge in [-0.2, -0.15) is 0 Å². The van der Waals surface area contributed by atoms with E-state index in [2.05, 4.69) is 5.32 Å². The zero-order chi connectivity index (χ0) is 22.2. The van der Waals surface area contributed by atoms with E-state index in [9.17, 15) is 19.1 Å². The molecule has 1 aliphatic carbocycles. The molecule has 2 aromatic rings. The molecule has 3 aliphatic rings. The highest BCUT2D eigenvalue weighted by molar-refractivity contribution is 6.03. The summed E-state index contributed by atoms with van der Waals surface area (Å²) >= 11 is 0. The molecule has 2 heterocycles. The van der Waals surface area contributed by atoms with E-state index in [1.807, 2.05) is 29.2 Å². The standard InChI is InChI=1S/C25H28FN3O3/c26-18-11-5-6-12-19(18)27-25(32)28-14-21-23(17-10-4-7-13-20(17)28)22(15-30)29(21)24(31)16-8-2-1-3-9-16/h4-7,10-13,16,21-23,30H,1-3,8-9,14-15H2,(H,27,32)/t21-,22+,23+/m0/s1. The first-order chi connectivity index (χ1) is 15.6. The van der Waals surface area contributed by atoms with Gasteiger partial charge in [0.25, 0.3) is 0 Å². The Labute approximate surface area is 187 Å². The predicted octanol–water partition coefficient (Wildman–Crippen LogP) is 4.11. The predicted molar refractivity (Wildman–Crippen MR) is 120 cm³/mol. The summed E-state index contributed by atoms with van der Waals surface area (Å²) in [7, 11) is 0. The van der Waals surface area contributed by atoms with E-state index in [0.717, 1.165) is 43.4 Å². The summed E-state index contributed by atoms with van der Waals surface area (Å²) in [5, 5.41) is 12.8. The third-order valence-corrected chi connectivity index (χ3v) is 7.26. The minimum atomic E-state index is -0.498. The van der Waals surface area contributed by atoms with Gasteiger partial charge in [-0.25, -0.2) is 9.18 Å². The number of urea groups is 1. The second-order valence-corrected chi connectivity index (χ2v) is 9.00. The number of likely N-dealkylation sites (tertiary alicyclic amines) is 1. The number of carbonyl (C=O) groups is 2. The molecule has 6 nitrogen and oxygen atoms in total. The number of benzene rings is 2. The average Bonchev–Trinajstić information content (AvgIpc) is 2.81. The number of carbonyl (C=O) groups excluding carboxylic acids is 2. The van der Waals surface area contributed by atoms with Gasteiger partial charge in [-0.15, -0.1) is 0 Å². The van der Waals surface area contributed by atoms with Crippen LogP contribution >= 0.6 is 0 Å². The molecule has 0 spiro atoms. The minimum absolute atomic E-state index is 0.00314. The summed E-state index contributed by atoms with van der Waals surface area (Å²) in [5.74, 6) is -0.418. The van der Waals surface area contributed by atoms with Crippen molar-refractivity contribution in [1.82, 2.24) is 4.90 Å². The van der Waals surface area contributed by atoms with Crippen LogP contribution in [0, 0.1) is 11.7 Å². The maximum atomic E-state index is 14.1. The number of rotatable bonds is 3. The number of nitrogens with zero attached hydrogens (tertiary/aromatic N) is 2. The number of halogens is 1. The van der Waals surface area contributed by atoms with E-state index in [-0.39, 0.29) is 42.1 Å². The Balaban J connectivity index is 1.44. The van der Waals surface area contributed by atoms with Gasteiger partial charge < -0.3 is 15.3 Å². The first-order valence-corrected chi connectivity index (χ1v) is 11.4. The molecular weight excluding hydrogens is 409 g/mol. The second kappa shape index (κ2) is 8.54. The Morgan fingerprint density at radius 3 is 2.50 bits per heavy atom. The summed E-state index contributed by atoms with van der Waals surface area (Å²) in [4.78, 5) is 30.0. The molecule has 1 saturated carbocycles. The molecule has 7 heteroatoms. The maximum Gasteiger partial charge on any atom is 0.326 e. The molecule has 0 unspecified atom stereocenters. The summed E-state index contributed by atoms with van der Waals surface area (Å²) in [6, 6.07) is 12.8. The van der Waals surface area contributed by atoms with Crippen molar-refractivity contribution in [1.29, 1.82) is 0 Å². The lowest BCUT2D eigenvalue weighted by Crippen LogP contribution is -2.71. The first-order valence-electron chi connectivity index (χ1n) is 11.4. The van der Waals surface area contributed by atoms with Crippen LogP contribution in [0.4, 0.5) is 20.6 Å². The van der Waals surface area contributed by atoms with Gasteiger partial charge in [-0.05, 0) is 36.6 Å². The van der Waals surface area contributed by atoms with Crippen LogP contribution in [0.1, 0.15) is 43.6 Å². The molecule has 0 bridgehead atoms. The van der Waals surface area contributed by atoms with Crippen molar-refractivity contribution in [3.8, 4) is 0 Å². The zero-order valence-electron chi connectivity index (χ0n) is 17.9. The first kappa shape index (κ1) is 20.9. The van der Waals surface area contributed by atoms with Crippen LogP contribution in [-0.4, -0.2) is 47.2 Å². The third kappa shape index (κ3) is 3.45. The fourth-order valence-electron chi connectivity index (χ4n) is 5.69. The Morgan fingerprint density at radius 2 is 1.75 bits per heavy atom. The van der Waals surface area contributed by atoms with Crippen LogP contribution in [0.2, 0.25) is 0 Å². The molecule has 168 valence electrons. The lowest BCUT2D eigenvalue weighted by Gasteiger charge is -2.59. The normalized spacial score (nSPS) is 24.9. The van der Waals surface area contributed by atoms with Crippen molar-refractivity contribution in [2.24, 2.45) is 5.92 Å². The van der Waals surface area contributed by atoms with Crippen molar-refractivity contribution in [2.45, 2.75) is 50.1 Å². The summed E-state index contributed by atoms with van der Waals surface area (Å²) < 4.78 is 14.1. The zero-order valence-corrected chi connectivity index (χ0v) is 17.9. The number of hydrogen-bond donors (Lipinski definition) is 2. The molecular formula is C25H28FN3O3. The molecule has 5 rings (SSSR count). The average molecular weight is 438 g/mol. The minimum Gasteiger partial charge on any atom is -0.394 e. The maximum absolute atomic E-state index is 14.1. The van der Waals surface area contributed by atoms with E-state index in [1.54, 1.807) is 17.0 Å². The Kier molecular flexibility index (Phi) is 5.59. The smallest absolute Gasteiger partial charge is 0.326 e. The number of aliphatic hydroxyl groups is 1. The van der Waals surface area contributed by atoms with Gasteiger partial charge in [0.05, 0.1) is 24.4 Å². The second-order valence-electron chi connectivity index (χ2n) is 9.00. The highest BCUT2D eigenvalue weighted by Gasteiger charge is 2.56. The van der Waals surface area contributed by atoms with Gasteiger partial charge in [0.1, 0.15) is 5.82 Å². The Hall–Kier alpha value is -2.93. The number of amides is 3. The number of nitrogens with one attached hydrogen (secondary N) is 1. The monoisotopic (exact) mass is 437 g/mol. The van der Waals surface area contributed by atoms with Crippen molar-refractivity contribution < 1.29 is 19.1 Å². The largest absolute Gasteiger partial charge is 0.394 e. The van der Waals surface area contributed by atoms with Crippen LogP contribution in [0.3, 0.4) is 0 Å². The fraction of sp³-hybridized carbons (Fsp3) is 0.440. The van der Waals surface area contributed by atoms with E-state index >= 15 is 0 Å². The van der Waals surface area contributed by atoms with Crippen molar-refractivity contribution in [3.63, 3.8) is 0 Å². The molecule has 3 amide bonds. The van der Waals surface area contributed by atoms with Gasteiger partial charge in [0.15, 0.2) is 0 Å². The lowest BCUT2D eigenvalue weighted by molar-refractivity contribution is -0.156. The van der Waals surface area contributed by atoms with Gasteiger partial charge in [0, 0.05) is 24.1 Å². The molecule has 0 radical (unpaired) electrons. The summed E-state index contributed by atoms with van der Waals surface area (Å²) in [6.07, 6.45) is 5.05. The van der Waals surface area contributed by atoms with Crippen molar-refractivity contribution >= 4 is 23.3 Å². The fourth-order valence-corrected chi connectivity index (χ4v) is 5.69. The molecule has 0 aromatic heterocycles. The van der Waals surface area contributed by atoms with Crippen LogP contribution in [-0.2, 0) is 4.79 Å². The highest BCUT2D eigenvalue weighted by Crippen LogP contribution is 2.49. The van der Waals surface area contributed by atoms with Crippen LogP contribution < -0.4 is 10.2 Å². The molecule has 2 N–H and O–H groups in total. The van der Waals surface area contributed by atoms with Crippen LogP contribution in [0.15, 0.2) is 48.5 Å². The number of anilines is 2. The number of hydrogen-bond acceptors (Lipinski definition) is 3. The molecule has 32 heavy (non-hydrogen) atoms. The van der Waals surface area contributed by atoms with Crippen molar-refractivity contribution in [2.75, 3.05) is 23.4 Å². The topological polar surface area (TPSA) is 72.9 Å². The number of para-hydroxylation sites is 2. The van der Waals surface area contributed by atoms with E-state index < -0.39 is 11.8 Å². The van der Waals surface area contributed by atoms with Crippen molar-refractivity contribution in [3.05, 3.63) is 59.9 Å². The molecule has 3 atom stereocenters. The van der Waals surface area contributed by atoms with E-state index in [0.29, 0.717) is 6.54 Å². The summed E-state index contributed by atoms with van der Waals surface area (Å²) in [5.41, 5.74) is 1.80. The molecule has 2 fully saturated rings. The molecule has 2 aromatic carbocycles. The van der Waals surface area contributed by atoms with Crippen LogP contribution in [0.25, 0.3) is 0 Å². The lowest BCUT2D eigenvalue weighted by atomic mass is 9.71. The van der Waals surface area contributed by atoms with Crippen LogP contribution in [0.5, 0.6) is 0 Å². The Morgan fingerprint density at radius 1 is 1.03 bits per heavy atom. The Bertz CT molecular complexity index is 1020. The van der Waals surface area contributed by atoms with E-state index in [4.69, 9.17) is 0 Å². The number of fused-ring (bicyclic) bond motifs is 3. The molecule has 1 saturated heterocycles. The van der Waals surface area contributed by atoms with Gasteiger partial charge in [-0.1, -0.05) is 49.6 Å². The SMILES string of the molecule is O=C(Nc1ccccc1F)N1C[C@H]2[C@@H](c3ccccc31)[C@@H](CO)N2C(=O)C1CCCCC1. The van der Waals surface area contributed by atoms with Gasteiger partial charge in [0.2, 0.25) is 5.91 Å². The van der Waals surface area contributed by atoms with E-state index in [1.165, 1.54) is 12.1 Å². The molecule has 2 aliphatic heterocycles. The van der Waals surface area contributed by atoms with Gasteiger partial charge >= 0.3 is 6.03 Å². The third-order valence-electron chi connectivity index (χ3n) is 7.26.